The lowest BCUT2D eigenvalue weighted by Gasteiger charge is -2.33. The van der Waals surface area contributed by atoms with Crippen molar-refractivity contribution >= 4 is 6.08 Å². The smallest absolute Gasteiger partial charge is 0.117 e. The van der Waals surface area contributed by atoms with E-state index in [1.807, 2.05) is 6.07 Å². The molecule has 1 unspecified atom stereocenters. The highest BCUT2D eigenvalue weighted by Crippen LogP contribution is 2.29. The predicted molar refractivity (Wildman–Crippen MR) is 86.9 cm³/mol. The van der Waals surface area contributed by atoms with Gasteiger partial charge in [0.15, 0.2) is 0 Å². The molecule has 0 radical (unpaired) electrons. The van der Waals surface area contributed by atoms with E-state index < -0.39 is 0 Å². The van der Waals surface area contributed by atoms with Crippen LogP contribution in [0.2, 0.25) is 0 Å². The van der Waals surface area contributed by atoms with E-state index in [-0.39, 0.29) is 0 Å². The Hall–Kier alpha value is -1.80. The van der Waals surface area contributed by atoms with Crippen molar-refractivity contribution in [3.05, 3.63) is 65.6 Å². The molecule has 0 spiro atoms. The standard InChI is InChI=1S/C19H23NO/c1-20(15-18-11-7-13-21-18)19-12-6-5-10-17(19)14-16-8-3-2-4-9-16/h2-4,7-9,11,13-14,19H,5-6,10,12,15H2,1H3/b17-14+. The second-order valence-corrected chi connectivity index (χ2v) is 5.89. The van der Waals surface area contributed by atoms with Crippen molar-refractivity contribution in [2.75, 3.05) is 7.05 Å². The highest BCUT2D eigenvalue weighted by atomic mass is 16.3. The maximum Gasteiger partial charge on any atom is 0.117 e. The van der Waals surface area contributed by atoms with Crippen LogP contribution in [0, 0.1) is 0 Å². The van der Waals surface area contributed by atoms with Crippen LogP contribution in [-0.2, 0) is 6.54 Å². The summed E-state index contributed by atoms with van der Waals surface area (Å²) in [6, 6.07) is 15.2. The van der Waals surface area contributed by atoms with Crippen molar-refractivity contribution in [2.45, 2.75) is 38.3 Å². The predicted octanol–water partition coefficient (Wildman–Crippen LogP) is 4.74. The first-order chi connectivity index (χ1) is 10.3. The van der Waals surface area contributed by atoms with Crippen molar-refractivity contribution < 1.29 is 4.42 Å². The molecular formula is C19H23NO. The molecule has 2 heteroatoms. The Labute approximate surface area is 127 Å². The van der Waals surface area contributed by atoms with Gasteiger partial charge in [0, 0.05) is 6.04 Å². The Bertz CT molecular complexity index is 571. The molecule has 1 atom stereocenters. The third-order valence-electron chi connectivity index (χ3n) is 4.29. The molecular weight excluding hydrogens is 258 g/mol. The average Bonchev–Trinajstić information content (AvgIpc) is 3.02. The molecule has 2 nitrogen and oxygen atoms in total. The lowest BCUT2D eigenvalue weighted by Crippen LogP contribution is -2.34. The molecule has 110 valence electrons. The van der Waals surface area contributed by atoms with E-state index in [0.29, 0.717) is 6.04 Å². The van der Waals surface area contributed by atoms with Gasteiger partial charge in [-0.25, -0.2) is 0 Å². The lowest BCUT2D eigenvalue weighted by molar-refractivity contribution is 0.215. The van der Waals surface area contributed by atoms with Crippen LogP contribution >= 0.6 is 0 Å². The molecule has 1 saturated carbocycles. The van der Waals surface area contributed by atoms with Crippen LogP contribution in [0.3, 0.4) is 0 Å². The minimum absolute atomic E-state index is 0.532. The van der Waals surface area contributed by atoms with Gasteiger partial charge in [-0.1, -0.05) is 48.4 Å². The number of rotatable bonds is 4. The number of hydrogen-bond acceptors (Lipinski definition) is 2. The molecule has 0 amide bonds. The quantitative estimate of drug-likeness (QED) is 0.805. The monoisotopic (exact) mass is 281 g/mol. The second kappa shape index (κ2) is 6.77. The molecule has 1 aromatic carbocycles. The normalized spacial score (nSPS) is 21.0. The summed E-state index contributed by atoms with van der Waals surface area (Å²) in [4.78, 5) is 2.42. The van der Waals surface area contributed by atoms with Crippen LogP contribution in [0.1, 0.15) is 37.0 Å². The minimum atomic E-state index is 0.532. The highest BCUT2D eigenvalue weighted by Gasteiger charge is 2.23. The summed E-state index contributed by atoms with van der Waals surface area (Å²) in [7, 11) is 2.21. The summed E-state index contributed by atoms with van der Waals surface area (Å²) in [6.45, 7) is 0.879. The second-order valence-electron chi connectivity index (χ2n) is 5.89. The number of likely N-dealkylation sites (N-methyl/N-ethyl adjacent to an activating group) is 1. The first-order valence-electron chi connectivity index (χ1n) is 7.81. The molecule has 1 aliphatic carbocycles. The molecule has 0 aliphatic heterocycles. The Kier molecular flexibility index (Phi) is 4.56. The maximum atomic E-state index is 5.49. The Morgan fingerprint density at radius 3 is 2.76 bits per heavy atom. The topological polar surface area (TPSA) is 16.4 Å². The fourth-order valence-electron chi connectivity index (χ4n) is 3.21. The van der Waals surface area contributed by atoms with Gasteiger partial charge in [0.05, 0.1) is 12.8 Å². The van der Waals surface area contributed by atoms with Crippen LogP contribution in [0.5, 0.6) is 0 Å². The van der Waals surface area contributed by atoms with Crippen LogP contribution in [0.4, 0.5) is 0 Å². The summed E-state index contributed by atoms with van der Waals surface area (Å²) in [5.74, 6) is 1.04. The van der Waals surface area contributed by atoms with E-state index in [2.05, 4.69) is 54.4 Å². The van der Waals surface area contributed by atoms with E-state index in [1.54, 1.807) is 11.8 Å². The number of nitrogens with zero attached hydrogens (tertiary/aromatic N) is 1. The first kappa shape index (κ1) is 14.2. The Morgan fingerprint density at radius 2 is 2.00 bits per heavy atom. The average molecular weight is 281 g/mol. The third-order valence-corrected chi connectivity index (χ3v) is 4.29. The molecule has 21 heavy (non-hydrogen) atoms. The Morgan fingerprint density at radius 1 is 1.14 bits per heavy atom. The summed E-state index contributed by atoms with van der Waals surface area (Å²) in [6.07, 6.45) is 9.22. The summed E-state index contributed by atoms with van der Waals surface area (Å²) in [5, 5.41) is 0. The fourth-order valence-corrected chi connectivity index (χ4v) is 3.21. The number of benzene rings is 1. The van der Waals surface area contributed by atoms with E-state index in [0.717, 1.165) is 12.3 Å². The van der Waals surface area contributed by atoms with Crippen LogP contribution in [0.25, 0.3) is 6.08 Å². The van der Waals surface area contributed by atoms with Crippen molar-refractivity contribution in [3.8, 4) is 0 Å². The van der Waals surface area contributed by atoms with Gasteiger partial charge in [-0.3, -0.25) is 4.90 Å². The van der Waals surface area contributed by atoms with Gasteiger partial charge in [-0.15, -0.1) is 0 Å². The molecule has 2 aromatic rings. The van der Waals surface area contributed by atoms with E-state index in [9.17, 15) is 0 Å². The van der Waals surface area contributed by atoms with Crippen molar-refractivity contribution in [1.82, 2.24) is 4.90 Å². The lowest BCUT2D eigenvalue weighted by atomic mass is 9.87. The van der Waals surface area contributed by atoms with Gasteiger partial charge < -0.3 is 4.42 Å². The van der Waals surface area contributed by atoms with Gasteiger partial charge in [-0.2, -0.15) is 0 Å². The molecule has 1 aliphatic rings. The largest absolute Gasteiger partial charge is 0.468 e. The SMILES string of the molecule is CN(Cc1ccco1)C1CCCC/C1=C\c1ccccc1. The van der Waals surface area contributed by atoms with Crippen molar-refractivity contribution in [2.24, 2.45) is 0 Å². The van der Waals surface area contributed by atoms with Crippen LogP contribution in [0.15, 0.2) is 58.7 Å². The number of hydrogen-bond donors (Lipinski definition) is 0. The zero-order valence-corrected chi connectivity index (χ0v) is 12.7. The van der Waals surface area contributed by atoms with E-state index in [4.69, 9.17) is 4.42 Å². The zero-order chi connectivity index (χ0) is 14.5. The van der Waals surface area contributed by atoms with E-state index >= 15 is 0 Å². The Balaban J connectivity index is 1.76. The molecule has 1 aromatic heterocycles. The first-order valence-corrected chi connectivity index (χ1v) is 7.81. The summed E-state index contributed by atoms with van der Waals surface area (Å²) < 4.78 is 5.49. The van der Waals surface area contributed by atoms with Crippen LogP contribution < -0.4 is 0 Å². The van der Waals surface area contributed by atoms with E-state index in [1.165, 1.54) is 31.2 Å². The highest BCUT2D eigenvalue weighted by molar-refractivity contribution is 5.54. The van der Waals surface area contributed by atoms with Gasteiger partial charge >= 0.3 is 0 Å². The maximum absolute atomic E-state index is 5.49. The van der Waals surface area contributed by atoms with Crippen molar-refractivity contribution in [1.29, 1.82) is 0 Å². The van der Waals surface area contributed by atoms with Gasteiger partial charge in [-0.05, 0) is 44.0 Å². The summed E-state index contributed by atoms with van der Waals surface area (Å²) >= 11 is 0. The molecule has 1 fully saturated rings. The fraction of sp³-hybridized carbons (Fsp3) is 0.368. The zero-order valence-electron chi connectivity index (χ0n) is 12.7. The third kappa shape index (κ3) is 3.64. The molecule has 0 bridgehead atoms. The number of furan rings is 1. The van der Waals surface area contributed by atoms with Gasteiger partial charge in [0.25, 0.3) is 0 Å². The van der Waals surface area contributed by atoms with Crippen molar-refractivity contribution in [3.63, 3.8) is 0 Å². The molecule has 0 saturated heterocycles. The molecule has 1 heterocycles. The van der Waals surface area contributed by atoms with Gasteiger partial charge in [0.2, 0.25) is 0 Å². The molecule has 3 rings (SSSR count). The van der Waals surface area contributed by atoms with Gasteiger partial charge in [0.1, 0.15) is 5.76 Å². The van der Waals surface area contributed by atoms with Crippen LogP contribution in [-0.4, -0.2) is 18.0 Å². The summed E-state index contributed by atoms with van der Waals surface area (Å²) in [5.41, 5.74) is 2.87. The molecule has 0 N–H and O–H groups in total. The minimum Gasteiger partial charge on any atom is -0.468 e.